The number of aromatic carboxylic acids is 1. The molecule has 0 saturated carbocycles. The highest BCUT2D eigenvalue weighted by molar-refractivity contribution is 5.90. The smallest absolute Gasteiger partial charge is 0.339 e. The molecule has 0 aliphatic carbocycles. The highest BCUT2D eigenvalue weighted by Gasteiger charge is 2.29. The minimum atomic E-state index is -0.966. The Morgan fingerprint density at radius 3 is 2.84 bits per heavy atom. The first-order valence-corrected chi connectivity index (χ1v) is 8.80. The Hall–Kier alpha value is -2.27. The average Bonchev–Trinajstić information content (AvgIpc) is 3.02. The van der Waals surface area contributed by atoms with Gasteiger partial charge in [0.1, 0.15) is 29.4 Å². The van der Waals surface area contributed by atoms with Crippen molar-refractivity contribution in [3.05, 3.63) is 53.5 Å². The van der Waals surface area contributed by atoms with Crippen LogP contribution in [0.2, 0.25) is 0 Å². The van der Waals surface area contributed by atoms with Crippen LogP contribution in [0.4, 0.5) is 0 Å². The Kier molecular flexibility index (Phi) is 5.43. The van der Waals surface area contributed by atoms with Gasteiger partial charge in [-0.25, -0.2) is 4.79 Å². The van der Waals surface area contributed by atoms with Gasteiger partial charge in [-0.2, -0.15) is 0 Å². The normalized spacial score (nSPS) is 21.2. The summed E-state index contributed by atoms with van der Waals surface area (Å²) in [5, 5.41) is 9.23. The van der Waals surface area contributed by atoms with Crippen molar-refractivity contribution in [3.8, 4) is 5.75 Å². The van der Waals surface area contributed by atoms with E-state index in [1.807, 2.05) is 13.0 Å². The van der Waals surface area contributed by atoms with Crippen LogP contribution in [-0.4, -0.2) is 35.7 Å². The largest absolute Gasteiger partial charge is 0.491 e. The molecule has 25 heavy (non-hydrogen) atoms. The molecule has 3 rings (SSSR count). The molecule has 1 fully saturated rings. The minimum Gasteiger partial charge on any atom is -0.491 e. The first-order valence-electron chi connectivity index (χ1n) is 8.80. The summed E-state index contributed by atoms with van der Waals surface area (Å²) < 4.78 is 11.6. The van der Waals surface area contributed by atoms with E-state index in [1.165, 1.54) is 0 Å². The van der Waals surface area contributed by atoms with E-state index < -0.39 is 5.97 Å². The summed E-state index contributed by atoms with van der Waals surface area (Å²) in [6, 6.07) is 11.1. The number of carbonyl (C=O) groups is 1. The Labute approximate surface area is 148 Å². The number of likely N-dealkylation sites (tertiary alicyclic amines) is 1. The number of nitrogens with zero attached hydrogens (tertiary/aromatic N) is 1. The second-order valence-electron chi connectivity index (χ2n) is 6.78. The number of aryl methyl sites for hydroxylation is 1. The zero-order valence-electron chi connectivity index (χ0n) is 14.8. The van der Waals surface area contributed by atoms with Gasteiger partial charge in [0.25, 0.3) is 0 Å². The van der Waals surface area contributed by atoms with Crippen LogP contribution >= 0.6 is 0 Å². The van der Waals surface area contributed by atoms with Crippen molar-refractivity contribution in [1.29, 1.82) is 0 Å². The van der Waals surface area contributed by atoms with Gasteiger partial charge in [0.15, 0.2) is 0 Å². The van der Waals surface area contributed by atoms with Gasteiger partial charge in [0.2, 0.25) is 0 Å². The van der Waals surface area contributed by atoms with Crippen LogP contribution in [0.3, 0.4) is 0 Å². The lowest BCUT2D eigenvalue weighted by atomic mass is 9.91. The van der Waals surface area contributed by atoms with E-state index in [9.17, 15) is 9.90 Å². The summed E-state index contributed by atoms with van der Waals surface area (Å²) >= 11 is 0. The predicted octanol–water partition coefficient (Wildman–Crippen LogP) is 4.14. The Morgan fingerprint density at radius 1 is 1.32 bits per heavy atom. The molecule has 134 valence electrons. The predicted molar refractivity (Wildman–Crippen MR) is 95.1 cm³/mol. The maximum absolute atomic E-state index is 11.3. The van der Waals surface area contributed by atoms with Gasteiger partial charge in [-0.15, -0.1) is 0 Å². The molecule has 1 aliphatic rings. The third-order valence-corrected chi connectivity index (χ3v) is 4.82. The van der Waals surface area contributed by atoms with Crippen molar-refractivity contribution in [2.45, 2.75) is 32.7 Å². The second-order valence-corrected chi connectivity index (χ2v) is 6.78. The molecular formula is C20H25NO4. The van der Waals surface area contributed by atoms with Gasteiger partial charge in [-0.05, 0) is 56.5 Å². The summed E-state index contributed by atoms with van der Waals surface area (Å²) in [5.41, 5.74) is 0.202. The van der Waals surface area contributed by atoms with Gasteiger partial charge in [-0.1, -0.05) is 19.1 Å². The fourth-order valence-corrected chi connectivity index (χ4v) is 3.43. The molecule has 2 heterocycles. The molecule has 2 atom stereocenters. The van der Waals surface area contributed by atoms with Crippen molar-refractivity contribution < 1.29 is 19.1 Å². The number of hydrogen-bond donors (Lipinski definition) is 1. The van der Waals surface area contributed by atoms with Crippen molar-refractivity contribution in [2.24, 2.45) is 5.92 Å². The molecule has 2 unspecified atom stereocenters. The van der Waals surface area contributed by atoms with E-state index in [1.54, 1.807) is 24.3 Å². The Bertz CT molecular complexity index is 724. The molecule has 5 heteroatoms. The number of carboxylic acids is 1. The van der Waals surface area contributed by atoms with Crippen molar-refractivity contribution in [2.75, 3.05) is 19.7 Å². The van der Waals surface area contributed by atoms with E-state index in [-0.39, 0.29) is 11.6 Å². The molecule has 1 aromatic heterocycles. The highest BCUT2D eigenvalue weighted by atomic mass is 16.5. The number of para-hydroxylation sites is 1. The van der Waals surface area contributed by atoms with Gasteiger partial charge < -0.3 is 14.3 Å². The molecule has 0 bridgehead atoms. The number of benzene rings is 1. The number of ether oxygens (including phenoxy) is 1. The standard InChI is InChI=1S/C20H25NO4/c1-14-9-10-21(17(13-14)19-8-7-15(2)25-19)11-12-24-18-6-4-3-5-16(18)20(22)23/h3-8,14,17H,9-13H2,1-2H3,(H,22,23). The molecular weight excluding hydrogens is 318 g/mol. The molecule has 2 aromatic rings. The molecule has 1 aliphatic heterocycles. The van der Waals surface area contributed by atoms with E-state index >= 15 is 0 Å². The molecule has 1 saturated heterocycles. The molecule has 1 N–H and O–H groups in total. The fraction of sp³-hybridized carbons (Fsp3) is 0.450. The van der Waals surface area contributed by atoms with Crippen molar-refractivity contribution in [1.82, 2.24) is 4.90 Å². The minimum absolute atomic E-state index is 0.202. The molecule has 0 amide bonds. The number of hydrogen-bond acceptors (Lipinski definition) is 4. The maximum atomic E-state index is 11.3. The fourth-order valence-electron chi connectivity index (χ4n) is 3.43. The topological polar surface area (TPSA) is 62.9 Å². The first-order chi connectivity index (χ1) is 12.0. The van der Waals surface area contributed by atoms with Crippen LogP contribution < -0.4 is 4.74 Å². The van der Waals surface area contributed by atoms with Gasteiger partial charge >= 0.3 is 5.97 Å². The van der Waals surface area contributed by atoms with Crippen LogP contribution in [0.1, 0.15) is 47.7 Å². The zero-order chi connectivity index (χ0) is 17.8. The number of furan rings is 1. The second kappa shape index (κ2) is 7.74. The van der Waals surface area contributed by atoms with Gasteiger partial charge in [0, 0.05) is 6.54 Å². The lowest BCUT2D eigenvalue weighted by molar-refractivity contribution is 0.0685. The SMILES string of the molecule is Cc1ccc(C2CC(C)CCN2CCOc2ccccc2C(=O)O)o1. The number of piperidine rings is 1. The van der Waals surface area contributed by atoms with Crippen LogP contribution in [0.15, 0.2) is 40.8 Å². The third-order valence-electron chi connectivity index (χ3n) is 4.82. The van der Waals surface area contributed by atoms with E-state index in [2.05, 4.69) is 17.9 Å². The lowest BCUT2D eigenvalue weighted by Crippen LogP contribution is -2.38. The highest BCUT2D eigenvalue weighted by Crippen LogP contribution is 2.34. The summed E-state index contributed by atoms with van der Waals surface area (Å²) in [7, 11) is 0. The zero-order valence-corrected chi connectivity index (χ0v) is 14.8. The van der Waals surface area contributed by atoms with E-state index in [0.29, 0.717) is 18.3 Å². The monoisotopic (exact) mass is 343 g/mol. The molecule has 1 aromatic carbocycles. The van der Waals surface area contributed by atoms with Crippen molar-refractivity contribution >= 4 is 5.97 Å². The van der Waals surface area contributed by atoms with Gasteiger partial charge in [0.05, 0.1) is 6.04 Å². The van der Waals surface area contributed by atoms with Crippen LogP contribution in [0.25, 0.3) is 0 Å². The summed E-state index contributed by atoms with van der Waals surface area (Å²) in [5.74, 6) is 2.06. The van der Waals surface area contributed by atoms with Gasteiger partial charge in [-0.3, -0.25) is 4.90 Å². The maximum Gasteiger partial charge on any atom is 0.339 e. The summed E-state index contributed by atoms with van der Waals surface area (Å²) in [6.07, 6.45) is 2.22. The summed E-state index contributed by atoms with van der Waals surface area (Å²) in [4.78, 5) is 13.6. The Morgan fingerprint density at radius 2 is 2.12 bits per heavy atom. The number of rotatable bonds is 6. The number of carboxylic acid groups (broad SMARTS) is 1. The Balaban J connectivity index is 1.64. The average molecular weight is 343 g/mol. The molecule has 0 spiro atoms. The van der Waals surface area contributed by atoms with E-state index in [0.717, 1.165) is 37.5 Å². The van der Waals surface area contributed by atoms with Crippen LogP contribution in [-0.2, 0) is 0 Å². The molecule has 5 nitrogen and oxygen atoms in total. The lowest BCUT2D eigenvalue weighted by Gasteiger charge is -2.37. The van der Waals surface area contributed by atoms with Crippen LogP contribution in [0.5, 0.6) is 5.75 Å². The quantitative estimate of drug-likeness (QED) is 0.854. The van der Waals surface area contributed by atoms with Crippen LogP contribution in [0, 0.1) is 12.8 Å². The third kappa shape index (κ3) is 4.23. The van der Waals surface area contributed by atoms with Crippen molar-refractivity contribution in [3.63, 3.8) is 0 Å². The summed E-state index contributed by atoms with van der Waals surface area (Å²) in [6.45, 7) is 6.43. The molecule has 0 radical (unpaired) electrons. The van der Waals surface area contributed by atoms with E-state index in [4.69, 9.17) is 9.15 Å². The first kappa shape index (κ1) is 17.5.